The SMILES string of the molecule is CCn1cc(CCC(CC(=O)O)c2ccc(C(F)(F)F)c(CN3C[C@@H](C)Oc4ccncc4S3(=O)=O)c2)nn1. The molecule has 1 aliphatic rings. The fourth-order valence-corrected chi connectivity index (χ4v) is 6.14. The highest BCUT2D eigenvalue weighted by atomic mass is 32.2. The van der Waals surface area contributed by atoms with Gasteiger partial charge in [0.05, 0.1) is 30.4 Å². The first-order valence-corrected chi connectivity index (χ1v) is 13.7. The minimum atomic E-state index is -4.76. The Morgan fingerprint density at radius 3 is 2.72 bits per heavy atom. The molecule has 1 N–H and O–H groups in total. The second-order valence-corrected chi connectivity index (χ2v) is 11.3. The maximum atomic E-state index is 14.0. The number of benzene rings is 1. The van der Waals surface area contributed by atoms with Gasteiger partial charge >= 0.3 is 12.1 Å². The predicted octanol–water partition coefficient (Wildman–Crippen LogP) is 3.87. The average molecular weight is 568 g/mol. The summed E-state index contributed by atoms with van der Waals surface area (Å²) in [5.74, 6) is -1.67. The minimum absolute atomic E-state index is 0.0753. The molecule has 210 valence electrons. The summed E-state index contributed by atoms with van der Waals surface area (Å²) < 4.78 is 77.2. The minimum Gasteiger partial charge on any atom is -0.488 e. The second kappa shape index (κ2) is 11.3. The molecule has 0 saturated carbocycles. The number of alkyl halides is 3. The van der Waals surface area contributed by atoms with E-state index in [0.29, 0.717) is 30.6 Å². The van der Waals surface area contributed by atoms with E-state index in [9.17, 15) is 31.5 Å². The third kappa shape index (κ3) is 6.56. The Morgan fingerprint density at radius 1 is 1.28 bits per heavy atom. The van der Waals surface area contributed by atoms with E-state index in [1.807, 2.05) is 6.92 Å². The highest BCUT2D eigenvalue weighted by Crippen LogP contribution is 2.37. The Labute approximate surface area is 223 Å². The summed E-state index contributed by atoms with van der Waals surface area (Å²) >= 11 is 0. The molecular weight excluding hydrogens is 539 g/mol. The zero-order chi connectivity index (χ0) is 28.4. The Bertz CT molecular complexity index is 1440. The number of sulfonamides is 1. The highest BCUT2D eigenvalue weighted by molar-refractivity contribution is 7.89. The summed E-state index contributed by atoms with van der Waals surface area (Å²) in [4.78, 5) is 15.2. The zero-order valence-electron chi connectivity index (χ0n) is 21.3. The Morgan fingerprint density at radius 2 is 2.05 bits per heavy atom. The van der Waals surface area contributed by atoms with Crippen molar-refractivity contribution in [2.45, 2.75) is 69.3 Å². The fourth-order valence-electron chi connectivity index (χ4n) is 4.58. The van der Waals surface area contributed by atoms with E-state index < -0.39 is 46.3 Å². The highest BCUT2D eigenvalue weighted by Gasteiger charge is 2.38. The second-order valence-electron chi connectivity index (χ2n) is 9.36. The molecule has 4 rings (SSSR count). The topological polar surface area (TPSA) is 128 Å². The van der Waals surface area contributed by atoms with Crippen LogP contribution in [0.3, 0.4) is 0 Å². The van der Waals surface area contributed by atoms with Gasteiger partial charge in [0.1, 0.15) is 16.7 Å². The number of halogens is 3. The van der Waals surface area contributed by atoms with Crippen molar-refractivity contribution in [3.63, 3.8) is 0 Å². The van der Waals surface area contributed by atoms with E-state index in [2.05, 4.69) is 15.3 Å². The number of pyridine rings is 1. The quantitative estimate of drug-likeness (QED) is 0.413. The van der Waals surface area contributed by atoms with Gasteiger partial charge in [0, 0.05) is 25.5 Å². The van der Waals surface area contributed by atoms with Crippen molar-refractivity contribution in [2.75, 3.05) is 6.54 Å². The fraction of sp³-hybridized carbons (Fsp3) is 0.440. The third-order valence-corrected chi connectivity index (χ3v) is 8.31. The Hall–Kier alpha value is -3.52. The van der Waals surface area contributed by atoms with Crippen LogP contribution in [0.15, 0.2) is 47.8 Å². The Balaban J connectivity index is 1.70. The van der Waals surface area contributed by atoms with Crippen LogP contribution in [0.25, 0.3) is 0 Å². The maximum Gasteiger partial charge on any atom is 0.416 e. The van der Waals surface area contributed by atoms with Gasteiger partial charge in [-0.1, -0.05) is 17.3 Å². The van der Waals surface area contributed by atoms with Gasteiger partial charge in [-0.15, -0.1) is 5.10 Å². The first-order chi connectivity index (χ1) is 18.4. The van der Waals surface area contributed by atoms with Crippen molar-refractivity contribution in [1.82, 2.24) is 24.3 Å². The summed E-state index contributed by atoms with van der Waals surface area (Å²) in [6.45, 7) is 3.35. The number of aliphatic carboxylic acids is 1. The molecule has 3 aromatic rings. The smallest absolute Gasteiger partial charge is 0.416 e. The number of carboxylic acids is 1. The summed E-state index contributed by atoms with van der Waals surface area (Å²) in [7, 11) is -4.24. The number of hydrogen-bond acceptors (Lipinski definition) is 7. The van der Waals surface area contributed by atoms with Crippen molar-refractivity contribution >= 4 is 16.0 Å². The lowest BCUT2D eigenvalue weighted by atomic mass is 9.88. The van der Waals surface area contributed by atoms with Crippen LogP contribution in [0.1, 0.15) is 55.0 Å². The van der Waals surface area contributed by atoms with Gasteiger partial charge in [-0.25, -0.2) is 8.42 Å². The lowest BCUT2D eigenvalue weighted by molar-refractivity contribution is -0.139. The molecule has 39 heavy (non-hydrogen) atoms. The monoisotopic (exact) mass is 567 g/mol. The molecule has 10 nitrogen and oxygen atoms in total. The molecule has 14 heteroatoms. The van der Waals surface area contributed by atoms with Crippen molar-refractivity contribution in [1.29, 1.82) is 0 Å². The number of aryl methyl sites for hydroxylation is 2. The maximum absolute atomic E-state index is 14.0. The van der Waals surface area contributed by atoms with Crippen LogP contribution < -0.4 is 4.74 Å². The molecule has 1 aromatic carbocycles. The van der Waals surface area contributed by atoms with E-state index in [1.165, 1.54) is 24.4 Å². The zero-order valence-corrected chi connectivity index (χ0v) is 22.1. The van der Waals surface area contributed by atoms with Crippen LogP contribution in [0, 0.1) is 0 Å². The summed E-state index contributed by atoms with van der Waals surface area (Å²) in [6, 6.07) is 4.79. The molecule has 0 fully saturated rings. The molecule has 0 spiro atoms. The molecule has 0 bridgehead atoms. The number of ether oxygens (including phenoxy) is 1. The van der Waals surface area contributed by atoms with Crippen molar-refractivity contribution < 1.29 is 36.2 Å². The summed E-state index contributed by atoms with van der Waals surface area (Å²) in [5.41, 5.74) is -0.278. The number of carbonyl (C=O) groups is 1. The lowest BCUT2D eigenvalue weighted by Crippen LogP contribution is -2.36. The van der Waals surface area contributed by atoms with Crippen LogP contribution in [0.5, 0.6) is 5.75 Å². The molecule has 0 saturated heterocycles. The largest absolute Gasteiger partial charge is 0.488 e. The first-order valence-electron chi connectivity index (χ1n) is 12.3. The molecule has 1 unspecified atom stereocenters. The van der Waals surface area contributed by atoms with Gasteiger partial charge in [0.2, 0.25) is 10.0 Å². The van der Waals surface area contributed by atoms with Crippen LogP contribution in [-0.2, 0) is 40.5 Å². The van der Waals surface area contributed by atoms with E-state index in [4.69, 9.17) is 4.74 Å². The van der Waals surface area contributed by atoms with Crippen molar-refractivity contribution in [3.05, 3.63) is 65.2 Å². The standard InChI is InChI=1S/C25H28F3N5O5S/c1-3-32-15-20(30-31-32)6-4-18(11-24(34)35)17-5-7-21(25(26,27)28)19(10-17)14-33-13-16(2)38-22-8-9-29-12-23(22)39(33,36)37/h5,7-10,12,15-16,18H,3-4,6,11,13-14H2,1-2H3,(H,34,35)/t16-,18?/m1/s1. The molecule has 0 aliphatic carbocycles. The van der Waals surface area contributed by atoms with Crippen LogP contribution >= 0.6 is 0 Å². The molecule has 2 aromatic heterocycles. The number of hydrogen-bond donors (Lipinski definition) is 1. The summed E-state index contributed by atoms with van der Waals surface area (Å²) in [6.07, 6.45) is -0.848. The Kier molecular flexibility index (Phi) is 8.25. The summed E-state index contributed by atoms with van der Waals surface area (Å²) in [5, 5.41) is 17.5. The van der Waals surface area contributed by atoms with E-state index >= 15 is 0 Å². The number of rotatable bonds is 9. The van der Waals surface area contributed by atoms with E-state index in [0.717, 1.165) is 16.6 Å². The predicted molar refractivity (Wildman–Crippen MR) is 132 cm³/mol. The molecular formula is C25H28F3N5O5S. The first kappa shape index (κ1) is 28.5. The normalized spacial score (nSPS) is 18.1. The van der Waals surface area contributed by atoms with Crippen LogP contribution in [0.2, 0.25) is 0 Å². The van der Waals surface area contributed by atoms with Gasteiger partial charge in [0.15, 0.2) is 0 Å². The average Bonchev–Trinajstić information content (AvgIpc) is 3.30. The number of fused-ring (bicyclic) bond motifs is 1. The number of aromatic nitrogens is 4. The van der Waals surface area contributed by atoms with Gasteiger partial charge < -0.3 is 9.84 Å². The molecule has 1 aliphatic heterocycles. The molecule has 0 radical (unpaired) electrons. The third-order valence-electron chi connectivity index (χ3n) is 6.49. The van der Waals surface area contributed by atoms with Gasteiger partial charge in [-0.2, -0.15) is 17.5 Å². The lowest BCUT2D eigenvalue weighted by Gasteiger charge is -2.24. The number of carboxylic acid groups (broad SMARTS) is 1. The van der Waals surface area contributed by atoms with Gasteiger partial charge in [0.25, 0.3) is 0 Å². The van der Waals surface area contributed by atoms with Gasteiger partial charge in [-0.3, -0.25) is 14.5 Å². The number of nitrogens with zero attached hydrogens (tertiary/aromatic N) is 5. The molecule has 0 amide bonds. The van der Waals surface area contributed by atoms with E-state index in [1.54, 1.807) is 17.8 Å². The van der Waals surface area contributed by atoms with E-state index in [-0.39, 0.29) is 29.2 Å². The van der Waals surface area contributed by atoms with Gasteiger partial charge in [-0.05, 0) is 55.9 Å². The van der Waals surface area contributed by atoms with Crippen molar-refractivity contribution in [3.8, 4) is 5.75 Å². The molecule has 2 atom stereocenters. The van der Waals surface area contributed by atoms with Crippen LogP contribution in [0.4, 0.5) is 13.2 Å². The van der Waals surface area contributed by atoms with Crippen LogP contribution in [-0.4, -0.2) is 56.4 Å². The van der Waals surface area contributed by atoms with Crippen molar-refractivity contribution in [2.24, 2.45) is 0 Å². The molecule has 3 heterocycles.